The number of aryl methyl sites for hydroxylation is 1. The van der Waals surface area contributed by atoms with E-state index in [0.717, 1.165) is 0 Å². The number of carbonyl (C=O) groups is 2. The molecule has 6 heteroatoms. The highest BCUT2D eigenvalue weighted by Crippen LogP contribution is 2.58. The Kier molecular flexibility index (Phi) is 3.41. The third-order valence-electron chi connectivity index (χ3n) is 3.97. The molecule has 1 amide bonds. The minimum absolute atomic E-state index is 0.138. The fourth-order valence-corrected chi connectivity index (χ4v) is 2.66. The Morgan fingerprint density at radius 2 is 2.00 bits per heavy atom. The summed E-state index contributed by atoms with van der Waals surface area (Å²) in [5.41, 5.74) is -0.168. The van der Waals surface area contributed by atoms with Crippen LogP contribution in [0.3, 0.4) is 0 Å². The molecule has 1 aromatic heterocycles. The van der Waals surface area contributed by atoms with E-state index in [1.54, 1.807) is 20.0 Å². The second-order valence-corrected chi connectivity index (χ2v) is 5.65. The molecule has 108 valence electrons. The summed E-state index contributed by atoms with van der Waals surface area (Å²) in [6, 6.07) is 2.91. The lowest BCUT2D eigenvalue weighted by atomic mass is 10.1. The summed E-state index contributed by atoms with van der Waals surface area (Å²) in [6.07, 6.45) is 1.56. The van der Waals surface area contributed by atoms with E-state index in [0.29, 0.717) is 12.2 Å². The first-order valence-electron chi connectivity index (χ1n) is 6.53. The standard InChI is InChI=1S/C14H18N2O4/c1-4-16-7-8(5-6-9(16)17)15-12(18)10-11(13(19)20)14(10,2)3/h5-7,10-11H,4H2,1-3H3,(H,15,18)(H,19,20)/t10-,11+/m1/s1. The zero-order valence-electron chi connectivity index (χ0n) is 11.7. The predicted molar refractivity (Wildman–Crippen MR) is 73.4 cm³/mol. The van der Waals surface area contributed by atoms with Crippen LogP contribution in [0.1, 0.15) is 20.8 Å². The van der Waals surface area contributed by atoms with Crippen molar-refractivity contribution in [2.45, 2.75) is 27.3 Å². The number of amides is 1. The highest BCUT2D eigenvalue weighted by Gasteiger charge is 2.65. The van der Waals surface area contributed by atoms with Crippen LogP contribution < -0.4 is 10.9 Å². The van der Waals surface area contributed by atoms with E-state index in [9.17, 15) is 14.4 Å². The highest BCUT2D eigenvalue weighted by atomic mass is 16.4. The molecule has 2 rings (SSSR count). The van der Waals surface area contributed by atoms with Gasteiger partial charge in [0.15, 0.2) is 0 Å². The van der Waals surface area contributed by atoms with Gasteiger partial charge in [0.1, 0.15) is 0 Å². The van der Waals surface area contributed by atoms with Crippen LogP contribution in [0.5, 0.6) is 0 Å². The molecule has 1 saturated carbocycles. The fraction of sp³-hybridized carbons (Fsp3) is 0.500. The van der Waals surface area contributed by atoms with E-state index < -0.39 is 23.2 Å². The van der Waals surface area contributed by atoms with Crippen molar-refractivity contribution in [1.82, 2.24) is 4.57 Å². The molecule has 1 aliphatic rings. The zero-order chi connectivity index (χ0) is 15.1. The first kappa shape index (κ1) is 14.3. The van der Waals surface area contributed by atoms with Gasteiger partial charge in [-0.1, -0.05) is 13.8 Å². The molecule has 0 bridgehead atoms. The Bertz CT molecular complexity index is 618. The van der Waals surface area contributed by atoms with Crippen LogP contribution in [0, 0.1) is 17.3 Å². The molecule has 0 spiro atoms. The average Bonchev–Trinajstić information content (AvgIpc) is 2.95. The lowest BCUT2D eigenvalue weighted by molar-refractivity contribution is -0.140. The number of hydrogen-bond donors (Lipinski definition) is 2. The van der Waals surface area contributed by atoms with Crippen molar-refractivity contribution >= 4 is 17.6 Å². The summed E-state index contributed by atoms with van der Waals surface area (Å²) >= 11 is 0. The second-order valence-electron chi connectivity index (χ2n) is 5.65. The van der Waals surface area contributed by atoms with Gasteiger partial charge >= 0.3 is 5.97 Å². The topological polar surface area (TPSA) is 88.4 Å². The molecular weight excluding hydrogens is 260 g/mol. The summed E-state index contributed by atoms with van der Waals surface area (Å²) in [5, 5.41) is 11.8. The molecular formula is C14H18N2O4. The summed E-state index contributed by atoms with van der Waals surface area (Å²) in [4.78, 5) is 34.6. The molecule has 0 saturated heterocycles. The third-order valence-corrected chi connectivity index (χ3v) is 3.97. The number of nitrogens with zero attached hydrogens (tertiary/aromatic N) is 1. The van der Waals surface area contributed by atoms with E-state index >= 15 is 0 Å². The Labute approximate surface area is 116 Å². The molecule has 0 radical (unpaired) electrons. The van der Waals surface area contributed by atoms with E-state index in [2.05, 4.69) is 5.32 Å². The van der Waals surface area contributed by atoms with Gasteiger partial charge in [-0.3, -0.25) is 14.4 Å². The van der Waals surface area contributed by atoms with Gasteiger partial charge in [0.25, 0.3) is 5.56 Å². The van der Waals surface area contributed by atoms with Gasteiger partial charge in [-0.15, -0.1) is 0 Å². The van der Waals surface area contributed by atoms with Crippen molar-refractivity contribution in [1.29, 1.82) is 0 Å². The van der Waals surface area contributed by atoms with Crippen LogP contribution in [0.4, 0.5) is 5.69 Å². The third kappa shape index (κ3) is 2.33. The van der Waals surface area contributed by atoms with Crippen LogP contribution in [0.25, 0.3) is 0 Å². The Morgan fingerprint density at radius 3 is 2.50 bits per heavy atom. The number of rotatable bonds is 4. The maximum absolute atomic E-state index is 12.1. The first-order chi connectivity index (χ1) is 9.28. The van der Waals surface area contributed by atoms with Crippen molar-refractivity contribution in [3.05, 3.63) is 28.7 Å². The van der Waals surface area contributed by atoms with Crippen molar-refractivity contribution in [2.75, 3.05) is 5.32 Å². The summed E-state index contributed by atoms with van der Waals surface area (Å²) in [7, 11) is 0. The van der Waals surface area contributed by atoms with E-state index in [4.69, 9.17) is 5.11 Å². The van der Waals surface area contributed by atoms with Crippen LogP contribution in [-0.4, -0.2) is 21.6 Å². The second kappa shape index (κ2) is 4.77. The number of aliphatic carboxylic acids is 1. The Balaban J connectivity index is 2.14. The molecule has 20 heavy (non-hydrogen) atoms. The van der Waals surface area contributed by atoms with Crippen molar-refractivity contribution in [2.24, 2.45) is 17.3 Å². The normalized spacial score (nSPS) is 23.1. The largest absolute Gasteiger partial charge is 0.481 e. The molecule has 2 atom stereocenters. The van der Waals surface area contributed by atoms with Gasteiger partial charge in [-0.05, 0) is 18.4 Å². The van der Waals surface area contributed by atoms with Gasteiger partial charge in [0.2, 0.25) is 5.91 Å². The van der Waals surface area contributed by atoms with Gasteiger partial charge in [0, 0.05) is 18.8 Å². The van der Waals surface area contributed by atoms with Gasteiger partial charge in [0.05, 0.1) is 17.5 Å². The van der Waals surface area contributed by atoms with Gasteiger partial charge in [-0.2, -0.15) is 0 Å². The summed E-state index contributed by atoms with van der Waals surface area (Å²) < 4.78 is 1.47. The van der Waals surface area contributed by atoms with Crippen LogP contribution >= 0.6 is 0 Å². The molecule has 6 nitrogen and oxygen atoms in total. The van der Waals surface area contributed by atoms with E-state index in [-0.39, 0.29) is 11.5 Å². The van der Waals surface area contributed by atoms with E-state index in [1.165, 1.54) is 16.7 Å². The number of nitrogens with one attached hydrogen (secondary N) is 1. The minimum Gasteiger partial charge on any atom is -0.481 e. The van der Waals surface area contributed by atoms with Crippen LogP contribution in [-0.2, 0) is 16.1 Å². The number of hydrogen-bond acceptors (Lipinski definition) is 3. The monoisotopic (exact) mass is 278 g/mol. The smallest absolute Gasteiger partial charge is 0.307 e. The van der Waals surface area contributed by atoms with Crippen molar-refractivity contribution < 1.29 is 14.7 Å². The van der Waals surface area contributed by atoms with E-state index in [1.807, 2.05) is 6.92 Å². The maximum Gasteiger partial charge on any atom is 0.307 e. The van der Waals surface area contributed by atoms with Crippen LogP contribution in [0.2, 0.25) is 0 Å². The molecule has 0 aromatic carbocycles. The maximum atomic E-state index is 12.1. The lowest BCUT2D eigenvalue weighted by Gasteiger charge is -2.08. The molecule has 1 fully saturated rings. The number of pyridine rings is 1. The molecule has 0 unspecified atom stereocenters. The minimum atomic E-state index is -0.950. The average molecular weight is 278 g/mol. The number of carboxylic acids is 1. The Hall–Kier alpha value is -2.11. The molecule has 1 aromatic rings. The predicted octanol–water partition coefficient (Wildman–Crippen LogP) is 1.16. The number of carbonyl (C=O) groups excluding carboxylic acids is 1. The number of anilines is 1. The quantitative estimate of drug-likeness (QED) is 0.865. The fourth-order valence-electron chi connectivity index (χ4n) is 2.66. The first-order valence-corrected chi connectivity index (χ1v) is 6.53. The van der Waals surface area contributed by atoms with Crippen LogP contribution in [0.15, 0.2) is 23.1 Å². The van der Waals surface area contributed by atoms with Crippen molar-refractivity contribution in [3.63, 3.8) is 0 Å². The number of carboxylic acid groups (broad SMARTS) is 1. The number of aromatic nitrogens is 1. The molecule has 1 aliphatic carbocycles. The van der Waals surface area contributed by atoms with Crippen molar-refractivity contribution in [3.8, 4) is 0 Å². The summed E-state index contributed by atoms with van der Waals surface area (Å²) in [5.74, 6) is -2.46. The molecule has 2 N–H and O–H groups in total. The SMILES string of the molecule is CCn1cc(NC(=O)[C@H]2[C@@H](C(=O)O)C2(C)C)ccc1=O. The lowest BCUT2D eigenvalue weighted by Crippen LogP contribution is -2.21. The molecule has 1 heterocycles. The van der Waals surface area contributed by atoms with Gasteiger partial charge < -0.3 is 15.0 Å². The summed E-state index contributed by atoms with van der Waals surface area (Å²) in [6.45, 7) is 5.87. The highest BCUT2D eigenvalue weighted by molar-refractivity contribution is 5.99. The zero-order valence-corrected chi connectivity index (χ0v) is 11.7. The Morgan fingerprint density at radius 1 is 1.35 bits per heavy atom. The van der Waals surface area contributed by atoms with Gasteiger partial charge in [-0.25, -0.2) is 0 Å². The molecule has 0 aliphatic heterocycles.